The van der Waals surface area contributed by atoms with Crippen LogP contribution < -0.4 is 24.8 Å². The molecule has 23 heavy (non-hydrogen) atoms. The van der Waals surface area contributed by atoms with Crippen LogP contribution in [0.25, 0.3) is 16.7 Å². The summed E-state index contributed by atoms with van der Waals surface area (Å²) < 4.78 is 0. The van der Waals surface area contributed by atoms with Gasteiger partial charge in [-0.1, -0.05) is 60.0 Å². The molecule has 0 spiro atoms. The molecule has 2 aromatic carbocycles. The average Bonchev–Trinajstić information content (AvgIpc) is 2.98. The number of hydrogen-bond acceptors (Lipinski definition) is 0. The molecule has 0 saturated carbocycles. The van der Waals surface area contributed by atoms with Crippen molar-refractivity contribution in [3.63, 3.8) is 0 Å². The van der Waals surface area contributed by atoms with Gasteiger partial charge in [0.15, 0.2) is 0 Å². The van der Waals surface area contributed by atoms with Crippen LogP contribution in [0.1, 0.15) is 30.5 Å². The smallest absolute Gasteiger partial charge is 1.00 e. The van der Waals surface area contributed by atoms with Gasteiger partial charge < -0.3 is 24.8 Å². The zero-order valence-electron chi connectivity index (χ0n) is 13.2. The second kappa shape index (κ2) is 7.86. The van der Waals surface area contributed by atoms with E-state index < -0.39 is 0 Å². The first-order valence-corrected chi connectivity index (χ1v) is 7.27. The number of halogens is 2. The minimum absolute atomic E-state index is 0. The Kier molecular flexibility index (Phi) is 6.92. The summed E-state index contributed by atoms with van der Waals surface area (Å²) in [6.45, 7) is 4.46. The Morgan fingerprint density at radius 3 is 2.43 bits per heavy atom. The first kappa shape index (κ1) is 20.3. The van der Waals surface area contributed by atoms with Gasteiger partial charge in [0.05, 0.1) is 0 Å². The zero-order chi connectivity index (χ0) is 13.7. The summed E-state index contributed by atoms with van der Waals surface area (Å²) in [4.78, 5) is 0. The summed E-state index contributed by atoms with van der Waals surface area (Å²) in [5.41, 5.74) is 9.61. The average molecular weight is 376 g/mol. The molecule has 0 aromatic heterocycles. The largest absolute Gasteiger partial charge is 3.00 e. The maximum absolute atomic E-state index is 3.68. The molecule has 0 aliphatic heterocycles. The van der Waals surface area contributed by atoms with E-state index in [1.807, 2.05) is 0 Å². The van der Waals surface area contributed by atoms with Gasteiger partial charge in [0.1, 0.15) is 0 Å². The monoisotopic (exact) mass is 375 g/mol. The van der Waals surface area contributed by atoms with Gasteiger partial charge in [-0.25, -0.2) is 0 Å². The molecular weight excluding hydrogens is 359 g/mol. The number of benzene rings is 2. The fourth-order valence-electron chi connectivity index (χ4n) is 3.51. The second-order valence-electron chi connectivity index (χ2n) is 5.84. The summed E-state index contributed by atoms with van der Waals surface area (Å²) in [6.07, 6.45) is 5.53. The van der Waals surface area contributed by atoms with Crippen molar-refractivity contribution in [3.05, 3.63) is 76.9 Å². The Labute approximate surface area is 165 Å². The number of rotatable bonds is 1. The van der Waals surface area contributed by atoms with Crippen LogP contribution in [0.2, 0.25) is 0 Å². The molecule has 2 aromatic rings. The zero-order valence-corrected chi connectivity index (χ0v) is 16.2. The van der Waals surface area contributed by atoms with Gasteiger partial charge in [-0.15, -0.1) is 34.9 Å². The molecule has 0 bridgehead atoms. The van der Waals surface area contributed by atoms with E-state index in [1.54, 1.807) is 0 Å². The maximum Gasteiger partial charge on any atom is 3.00 e. The van der Waals surface area contributed by atoms with Crippen molar-refractivity contribution in [2.45, 2.75) is 20.3 Å². The molecular formula is C20H17Cl2Ti. The molecule has 0 nitrogen and oxygen atoms in total. The van der Waals surface area contributed by atoms with Crippen molar-refractivity contribution in [3.8, 4) is 11.1 Å². The molecule has 3 heteroatoms. The van der Waals surface area contributed by atoms with E-state index in [0.717, 1.165) is 6.42 Å². The number of fused-ring (bicyclic) bond motifs is 3. The van der Waals surface area contributed by atoms with Gasteiger partial charge in [-0.2, -0.15) is 0 Å². The Morgan fingerprint density at radius 1 is 1.00 bits per heavy atom. The molecule has 1 unspecified atom stereocenters. The fourth-order valence-corrected chi connectivity index (χ4v) is 3.51. The normalized spacial score (nSPS) is 16.9. The van der Waals surface area contributed by atoms with E-state index in [-0.39, 0.29) is 46.5 Å². The van der Waals surface area contributed by atoms with E-state index in [1.165, 1.54) is 39.0 Å². The minimum atomic E-state index is 0. The van der Waals surface area contributed by atoms with Gasteiger partial charge >= 0.3 is 21.7 Å². The van der Waals surface area contributed by atoms with E-state index in [4.69, 9.17) is 0 Å². The van der Waals surface area contributed by atoms with Crippen LogP contribution in [0.5, 0.6) is 0 Å². The van der Waals surface area contributed by atoms with Crippen LogP contribution >= 0.6 is 0 Å². The summed E-state index contributed by atoms with van der Waals surface area (Å²) in [5, 5.41) is 0. The number of hydrogen-bond donors (Lipinski definition) is 0. The topological polar surface area (TPSA) is 0 Å². The van der Waals surface area contributed by atoms with Gasteiger partial charge in [0, 0.05) is 0 Å². The third kappa shape index (κ3) is 3.37. The van der Waals surface area contributed by atoms with Gasteiger partial charge in [0.2, 0.25) is 0 Å². The van der Waals surface area contributed by atoms with Crippen molar-refractivity contribution in [1.29, 1.82) is 0 Å². The molecule has 0 saturated heterocycles. The Morgan fingerprint density at radius 2 is 1.74 bits per heavy atom. The Balaban J connectivity index is 0.000000882. The standard InChI is InChI=1S/C20H17.2ClH.Ti/c1-13-7-8-14(2)20(13)16-9-10-19-17(12-16)11-15-5-3-4-6-18(15)19;;;/h3-10,13H,11H2,1-2H3;2*1H;/q-1;;;+3/p-2. The van der Waals surface area contributed by atoms with Crippen LogP contribution in [0.4, 0.5) is 0 Å². The summed E-state index contributed by atoms with van der Waals surface area (Å²) in [7, 11) is 0. The third-order valence-corrected chi connectivity index (χ3v) is 4.51. The Bertz CT molecular complexity index is 775. The molecule has 2 aliphatic carbocycles. The molecule has 1 radical (unpaired) electrons. The van der Waals surface area contributed by atoms with Crippen LogP contribution in [-0.2, 0) is 28.1 Å². The van der Waals surface area contributed by atoms with Crippen LogP contribution in [-0.4, -0.2) is 0 Å². The van der Waals surface area contributed by atoms with Crippen molar-refractivity contribution >= 4 is 5.57 Å². The second-order valence-corrected chi connectivity index (χ2v) is 5.84. The van der Waals surface area contributed by atoms with Gasteiger partial charge in [-0.3, -0.25) is 0 Å². The molecule has 0 heterocycles. The molecule has 4 rings (SSSR count). The van der Waals surface area contributed by atoms with E-state index in [9.17, 15) is 0 Å². The van der Waals surface area contributed by atoms with E-state index in [2.05, 4.69) is 68.5 Å². The van der Waals surface area contributed by atoms with Gasteiger partial charge in [-0.05, 0) is 24.8 Å². The van der Waals surface area contributed by atoms with E-state index in [0.29, 0.717) is 5.92 Å². The first-order chi connectivity index (χ1) is 9.74. The van der Waals surface area contributed by atoms with Crippen molar-refractivity contribution in [2.24, 2.45) is 5.92 Å². The number of allylic oxidation sites excluding steroid dienone is 4. The molecule has 0 fully saturated rings. The van der Waals surface area contributed by atoms with Gasteiger partial charge in [0.25, 0.3) is 0 Å². The van der Waals surface area contributed by atoms with Crippen LogP contribution in [0, 0.1) is 12.0 Å². The predicted molar refractivity (Wildman–Crippen MR) is 84.4 cm³/mol. The predicted octanol–water partition coefficient (Wildman–Crippen LogP) is -0.957. The summed E-state index contributed by atoms with van der Waals surface area (Å²) >= 11 is 0. The van der Waals surface area contributed by atoms with E-state index >= 15 is 0 Å². The van der Waals surface area contributed by atoms with Crippen molar-refractivity contribution in [2.75, 3.05) is 0 Å². The Hall–Kier alpha value is -0.786. The fraction of sp³-hybridized carbons (Fsp3) is 0.200. The summed E-state index contributed by atoms with van der Waals surface area (Å²) in [5.74, 6) is 0.507. The summed E-state index contributed by atoms with van der Waals surface area (Å²) in [6, 6.07) is 16.9. The third-order valence-electron chi connectivity index (χ3n) is 4.51. The molecule has 0 amide bonds. The quantitative estimate of drug-likeness (QED) is 0.380. The first-order valence-electron chi connectivity index (χ1n) is 7.27. The molecule has 1 atom stereocenters. The SMILES string of the molecule is CC1=C(c2[c-]c3c(cc2)-c2ccccc2C3)C(C)C=C1.[Cl-].[Cl-].[Ti+3]. The van der Waals surface area contributed by atoms with Crippen molar-refractivity contribution in [1.82, 2.24) is 0 Å². The van der Waals surface area contributed by atoms with Crippen LogP contribution in [0.3, 0.4) is 0 Å². The molecule has 0 N–H and O–H groups in total. The molecule has 2 aliphatic rings. The maximum atomic E-state index is 3.68. The van der Waals surface area contributed by atoms with Crippen molar-refractivity contribution < 1.29 is 46.5 Å². The molecule has 115 valence electrons. The minimum Gasteiger partial charge on any atom is -1.00 e. The van der Waals surface area contributed by atoms with Crippen LogP contribution in [0.15, 0.2) is 54.1 Å².